The summed E-state index contributed by atoms with van der Waals surface area (Å²) in [5.41, 5.74) is -1.25. The van der Waals surface area contributed by atoms with Gasteiger partial charge in [0.05, 0.1) is 16.9 Å². The molecule has 5 aliphatic rings. The van der Waals surface area contributed by atoms with Gasteiger partial charge in [0.2, 0.25) is 0 Å². The van der Waals surface area contributed by atoms with E-state index in [1.54, 1.807) is 12.1 Å². The zero-order valence-electron chi connectivity index (χ0n) is 20.3. The fourth-order valence-corrected chi connectivity index (χ4v) is 8.16. The molecule has 0 amide bonds. The average molecular weight is 479 g/mol. The molecule has 0 radical (unpaired) electrons. The Balaban J connectivity index is 1.48. The second-order valence-electron chi connectivity index (χ2n) is 11.7. The number of carbonyl (C=O) groups excluding carboxylic acids is 4. The lowest BCUT2D eigenvalue weighted by Crippen LogP contribution is -2.71. The van der Waals surface area contributed by atoms with Crippen molar-refractivity contribution in [3.8, 4) is 0 Å². The van der Waals surface area contributed by atoms with E-state index in [9.17, 15) is 19.2 Å². The van der Waals surface area contributed by atoms with Crippen LogP contribution in [0.4, 0.5) is 0 Å². The van der Waals surface area contributed by atoms with Gasteiger partial charge in [-0.3, -0.25) is 14.4 Å². The van der Waals surface area contributed by atoms with E-state index < -0.39 is 58.5 Å². The molecule has 2 aliphatic heterocycles. The van der Waals surface area contributed by atoms with E-state index in [1.165, 1.54) is 0 Å². The Kier molecular flexibility index (Phi) is 4.53. The summed E-state index contributed by atoms with van der Waals surface area (Å²) in [5.74, 6) is -3.44. The number of cyclic esters (lactones) is 1. The molecule has 2 spiro atoms. The first-order valence-electron chi connectivity index (χ1n) is 12.4. The molecule has 0 aromatic heterocycles. The van der Waals surface area contributed by atoms with Crippen LogP contribution in [0.25, 0.3) is 0 Å². The molecular weight excluding hydrogens is 448 g/mol. The van der Waals surface area contributed by atoms with Gasteiger partial charge in [-0.2, -0.15) is 0 Å². The zero-order chi connectivity index (χ0) is 24.9. The minimum atomic E-state index is -1.70. The van der Waals surface area contributed by atoms with Crippen LogP contribution in [0.2, 0.25) is 0 Å². The number of rotatable bonds is 2. The first kappa shape index (κ1) is 22.5. The molecule has 3 saturated carbocycles. The number of fused-ring (bicyclic) bond motifs is 1. The Morgan fingerprint density at radius 3 is 2.51 bits per heavy atom. The standard InChI is InChI=1S/C28H30O7/c1-14-5-7-16(8-6-14)23(30)35-22-17-9-10-18-27-13-33-24(31)20(27)26(3,4)12-11-19(27)34-25(32)28(18,22)21(29)15(17)2/h5-8,17-20,22H,2,9-13H2,1,3-4H3/t17-,18-,19-,20+,22+,27+,28-/m0/s1. The van der Waals surface area contributed by atoms with Crippen LogP contribution >= 0.6 is 0 Å². The van der Waals surface area contributed by atoms with Gasteiger partial charge in [-0.1, -0.05) is 38.1 Å². The fourth-order valence-electron chi connectivity index (χ4n) is 8.16. The van der Waals surface area contributed by atoms with Crippen molar-refractivity contribution in [1.29, 1.82) is 0 Å². The number of ether oxygens (including phenoxy) is 3. The van der Waals surface area contributed by atoms with Crippen LogP contribution in [-0.2, 0) is 28.6 Å². The number of ketones is 1. The summed E-state index contributed by atoms with van der Waals surface area (Å²) in [6.07, 6.45) is 0.877. The number of carbonyl (C=O) groups is 4. The van der Waals surface area contributed by atoms with Crippen LogP contribution in [-0.4, -0.2) is 42.5 Å². The largest absolute Gasteiger partial charge is 0.465 e. The smallest absolute Gasteiger partial charge is 0.338 e. The van der Waals surface area contributed by atoms with Crippen molar-refractivity contribution in [2.45, 2.75) is 58.7 Å². The Morgan fingerprint density at radius 2 is 1.80 bits per heavy atom. The molecule has 0 unspecified atom stereocenters. The molecule has 7 nitrogen and oxygen atoms in total. The number of hydrogen-bond donors (Lipinski definition) is 0. The number of hydrogen-bond acceptors (Lipinski definition) is 7. The van der Waals surface area contributed by atoms with Crippen molar-refractivity contribution < 1.29 is 33.4 Å². The molecule has 5 fully saturated rings. The summed E-state index contributed by atoms with van der Waals surface area (Å²) in [6, 6.07) is 6.97. The summed E-state index contributed by atoms with van der Waals surface area (Å²) in [5, 5.41) is 0. The summed E-state index contributed by atoms with van der Waals surface area (Å²) in [4.78, 5) is 54.0. The second-order valence-corrected chi connectivity index (χ2v) is 11.7. The molecule has 0 N–H and O–H groups in total. The van der Waals surface area contributed by atoms with Crippen LogP contribution in [0, 0.1) is 40.9 Å². The van der Waals surface area contributed by atoms with Gasteiger partial charge < -0.3 is 14.2 Å². The van der Waals surface area contributed by atoms with Crippen molar-refractivity contribution >= 4 is 23.7 Å². The van der Waals surface area contributed by atoms with Crippen LogP contribution < -0.4 is 0 Å². The predicted octanol–water partition coefficient (Wildman–Crippen LogP) is 3.58. The van der Waals surface area contributed by atoms with E-state index in [-0.39, 0.29) is 18.0 Å². The van der Waals surface area contributed by atoms with Gasteiger partial charge in [0, 0.05) is 5.92 Å². The Morgan fingerprint density at radius 1 is 1.09 bits per heavy atom. The predicted molar refractivity (Wildman–Crippen MR) is 123 cm³/mol. The number of Topliss-reactive ketones (excluding diaryl/α,β-unsaturated/α-hetero) is 1. The third-order valence-electron chi connectivity index (χ3n) is 9.67. The van der Waals surface area contributed by atoms with Gasteiger partial charge in [0.15, 0.2) is 11.2 Å². The Bertz CT molecular complexity index is 1180. The third kappa shape index (κ3) is 2.62. The molecule has 2 bridgehead atoms. The Hall–Kier alpha value is -2.96. The van der Waals surface area contributed by atoms with Crippen molar-refractivity contribution in [3.05, 3.63) is 47.5 Å². The van der Waals surface area contributed by atoms with Gasteiger partial charge in [-0.25, -0.2) is 4.79 Å². The lowest BCUT2D eigenvalue weighted by Gasteiger charge is -2.61. The van der Waals surface area contributed by atoms with Gasteiger partial charge in [-0.05, 0) is 61.6 Å². The van der Waals surface area contributed by atoms with Crippen LogP contribution in [0.1, 0.15) is 55.5 Å². The van der Waals surface area contributed by atoms with Gasteiger partial charge in [-0.15, -0.1) is 0 Å². The number of aryl methyl sites for hydroxylation is 1. The maximum absolute atomic E-state index is 13.9. The fraction of sp³-hybridized carbons (Fsp3) is 0.571. The van der Waals surface area contributed by atoms with E-state index in [0.717, 1.165) is 5.56 Å². The van der Waals surface area contributed by atoms with E-state index in [0.29, 0.717) is 36.8 Å². The lowest BCUT2D eigenvalue weighted by molar-refractivity contribution is -0.244. The molecule has 2 saturated heterocycles. The van der Waals surface area contributed by atoms with Gasteiger partial charge in [0.25, 0.3) is 0 Å². The Labute approximate surface area is 204 Å². The molecule has 1 aromatic carbocycles. The summed E-state index contributed by atoms with van der Waals surface area (Å²) in [7, 11) is 0. The molecule has 184 valence electrons. The molecule has 1 aromatic rings. The summed E-state index contributed by atoms with van der Waals surface area (Å²) in [6.45, 7) is 10.1. The van der Waals surface area contributed by atoms with Crippen molar-refractivity contribution in [1.82, 2.24) is 0 Å². The maximum atomic E-state index is 13.9. The first-order chi connectivity index (χ1) is 16.5. The van der Waals surface area contributed by atoms with Crippen molar-refractivity contribution in [2.24, 2.45) is 34.0 Å². The second kappa shape index (κ2) is 7.05. The summed E-state index contributed by atoms with van der Waals surface area (Å²) < 4.78 is 17.8. The highest BCUT2D eigenvalue weighted by atomic mass is 16.6. The summed E-state index contributed by atoms with van der Waals surface area (Å²) >= 11 is 0. The molecule has 35 heavy (non-hydrogen) atoms. The van der Waals surface area contributed by atoms with E-state index in [1.807, 2.05) is 32.9 Å². The number of benzene rings is 1. The van der Waals surface area contributed by atoms with Crippen molar-refractivity contribution in [3.63, 3.8) is 0 Å². The van der Waals surface area contributed by atoms with E-state index in [2.05, 4.69) is 6.58 Å². The highest BCUT2D eigenvalue weighted by Crippen LogP contribution is 2.71. The minimum absolute atomic E-state index is 0.105. The van der Waals surface area contributed by atoms with Crippen LogP contribution in [0.5, 0.6) is 0 Å². The van der Waals surface area contributed by atoms with E-state index in [4.69, 9.17) is 14.2 Å². The molecule has 7 atom stereocenters. The third-order valence-corrected chi connectivity index (χ3v) is 9.67. The SMILES string of the molecule is C=C1C(=O)[C@@]23C(=O)O[C@H]4CCC(C)(C)[C@H]5C(=O)OC[C@@]45[C@@H]2CC[C@@H]1[C@H]3OC(=O)c1ccc(C)cc1. The molecule has 2 heterocycles. The maximum Gasteiger partial charge on any atom is 0.338 e. The van der Waals surface area contributed by atoms with Crippen LogP contribution in [0.15, 0.2) is 36.4 Å². The first-order valence-corrected chi connectivity index (χ1v) is 12.4. The average Bonchev–Trinajstić information content (AvgIpc) is 3.23. The van der Waals surface area contributed by atoms with E-state index >= 15 is 0 Å². The molecule has 6 rings (SSSR count). The van der Waals surface area contributed by atoms with Crippen LogP contribution in [0.3, 0.4) is 0 Å². The van der Waals surface area contributed by atoms with Gasteiger partial charge >= 0.3 is 17.9 Å². The molecule has 7 heteroatoms. The lowest BCUT2D eigenvalue weighted by atomic mass is 9.43. The number of esters is 3. The monoisotopic (exact) mass is 478 g/mol. The molecule has 3 aliphatic carbocycles. The zero-order valence-corrected chi connectivity index (χ0v) is 20.3. The quantitative estimate of drug-likeness (QED) is 0.277. The highest BCUT2D eigenvalue weighted by molar-refractivity contribution is 6.16. The topological polar surface area (TPSA) is 96.0 Å². The van der Waals surface area contributed by atoms with Gasteiger partial charge in [0.1, 0.15) is 18.8 Å². The highest BCUT2D eigenvalue weighted by Gasteiger charge is 2.81. The minimum Gasteiger partial charge on any atom is -0.465 e. The molecular formula is C28H30O7. The normalized spacial score (nSPS) is 40.8. The van der Waals surface area contributed by atoms with Crippen molar-refractivity contribution in [2.75, 3.05) is 6.61 Å².